The number of rotatable bonds is 5. The maximum Gasteiger partial charge on any atom is 0.230 e. The molecule has 1 aromatic carbocycles. The summed E-state index contributed by atoms with van der Waals surface area (Å²) < 4.78 is 5.47. The lowest BCUT2D eigenvalue weighted by Crippen LogP contribution is -2.37. The fourth-order valence-electron chi connectivity index (χ4n) is 3.59. The van der Waals surface area contributed by atoms with Crippen molar-refractivity contribution < 1.29 is 9.53 Å². The van der Waals surface area contributed by atoms with Gasteiger partial charge in [0.25, 0.3) is 0 Å². The average molecular weight is 420 g/mol. The first kappa shape index (κ1) is 18.7. The van der Waals surface area contributed by atoms with Crippen molar-refractivity contribution in [3.63, 3.8) is 0 Å². The number of para-hydroxylation sites is 1. The van der Waals surface area contributed by atoms with Gasteiger partial charge in [-0.25, -0.2) is 15.0 Å². The van der Waals surface area contributed by atoms with Gasteiger partial charge in [-0.2, -0.15) is 0 Å². The normalized spacial score (nSPS) is 14.2. The lowest BCUT2D eigenvalue weighted by Gasteiger charge is -2.29. The number of aromatic amines is 1. The van der Waals surface area contributed by atoms with Crippen LogP contribution < -0.4 is 10.2 Å². The molecule has 1 aliphatic heterocycles. The summed E-state index contributed by atoms with van der Waals surface area (Å²) in [6, 6.07) is 9.76. The van der Waals surface area contributed by atoms with E-state index in [9.17, 15) is 4.79 Å². The van der Waals surface area contributed by atoms with Crippen LogP contribution in [0.3, 0.4) is 0 Å². The molecule has 4 heterocycles. The van der Waals surface area contributed by atoms with Gasteiger partial charge >= 0.3 is 0 Å². The number of hydrogen-bond acceptors (Lipinski definition) is 7. The molecule has 0 unspecified atom stereocenters. The minimum absolute atomic E-state index is 0.114. The third-order valence-electron chi connectivity index (χ3n) is 4.98. The number of thiazole rings is 1. The Bertz CT molecular complexity index is 1170. The summed E-state index contributed by atoms with van der Waals surface area (Å²) in [6.45, 7) is 2.97. The van der Waals surface area contributed by atoms with Crippen molar-refractivity contribution in [3.8, 4) is 11.4 Å². The van der Waals surface area contributed by atoms with Crippen LogP contribution in [0.15, 0.2) is 48.1 Å². The molecular formula is C21H20N6O2S. The molecule has 1 saturated heterocycles. The van der Waals surface area contributed by atoms with E-state index in [-0.39, 0.29) is 12.3 Å². The second kappa shape index (κ2) is 8.21. The highest BCUT2D eigenvalue weighted by Crippen LogP contribution is 2.30. The van der Waals surface area contributed by atoms with E-state index < -0.39 is 0 Å². The molecule has 4 aromatic rings. The molecule has 0 radical (unpaired) electrons. The van der Waals surface area contributed by atoms with Crippen LogP contribution in [-0.2, 0) is 16.0 Å². The first-order chi connectivity index (χ1) is 14.8. The van der Waals surface area contributed by atoms with Gasteiger partial charge in [-0.3, -0.25) is 4.79 Å². The molecule has 0 atom stereocenters. The molecule has 3 aromatic heterocycles. The summed E-state index contributed by atoms with van der Waals surface area (Å²) in [7, 11) is 0. The summed E-state index contributed by atoms with van der Waals surface area (Å²) in [5.41, 5.74) is 3.48. The van der Waals surface area contributed by atoms with Crippen molar-refractivity contribution in [1.29, 1.82) is 0 Å². The quantitative estimate of drug-likeness (QED) is 0.515. The number of hydrogen-bond donors (Lipinski definition) is 2. The lowest BCUT2D eigenvalue weighted by molar-refractivity contribution is -0.115. The minimum atomic E-state index is -0.114. The number of benzene rings is 1. The summed E-state index contributed by atoms with van der Waals surface area (Å²) >= 11 is 1.40. The number of ether oxygens (including phenoxy) is 1. The largest absolute Gasteiger partial charge is 0.378 e. The number of carbonyl (C=O) groups excluding carboxylic acids is 1. The maximum absolute atomic E-state index is 12.4. The first-order valence-corrected chi connectivity index (χ1v) is 10.6. The zero-order valence-corrected chi connectivity index (χ0v) is 17.0. The van der Waals surface area contributed by atoms with Gasteiger partial charge in [0.05, 0.1) is 36.2 Å². The van der Waals surface area contributed by atoms with Crippen LogP contribution in [0.2, 0.25) is 0 Å². The van der Waals surface area contributed by atoms with Crippen molar-refractivity contribution in [3.05, 3.63) is 53.7 Å². The molecule has 8 nitrogen and oxygen atoms in total. The Morgan fingerprint density at radius 1 is 1.17 bits per heavy atom. The van der Waals surface area contributed by atoms with E-state index in [0.717, 1.165) is 46.9 Å². The zero-order valence-electron chi connectivity index (χ0n) is 16.2. The van der Waals surface area contributed by atoms with Crippen LogP contribution in [0, 0.1) is 0 Å². The minimum Gasteiger partial charge on any atom is -0.378 e. The van der Waals surface area contributed by atoms with E-state index in [1.807, 2.05) is 35.7 Å². The average Bonchev–Trinajstić information content (AvgIpc) is 3.44. The Kier molecular flexibility index (Phi) is 5.12. The molecule has 152 valence electrons. The van der Waals surface area contributed by atoms with Gasteiger partial charge in [-0.15, -0.1) is 11.3 Å². The van der Waals surface area contributed by atoms with Crippen LogP contribution in [0.25, 0.3) is 22.4 Å². The Morgan fingerprint density at radius 2 is 2.07 bits per heavy atom. The third kappa shape index (κ3) is 3.77. The van der Waals surface area contributed by atoms with Crippen LogP contribution in [0.5, 0.6) is 0 Å². The predicted molar refractivity (Wildman–Crippen MR) is 117 cm³/mol. The van der Waals surface area contributed by atoms with E-state index in [1.165, 1.54) is 11.3 Å². The summed E-state index contributed by atoms with van der Waals surface area (Å²) in [4.78, 5) is 31.6. The third-order valence-corrected chi connectivity index (χ3v) is 5.67. The summed E-state index contributed by atoms with van der Waals surface area (Å²) in [5, 5.41) is 5.25. The fraction of sp³-hybridized carbons (Fsp3) is 0.238. The van der Waals surface area contributed by atoms with Gasteiger partial charge in [0.1, 0.15) is 11.6 Å². The van der Waals surface area contributed by atoms with Gasteiger partial charge < -0.3 is 19.9 Å². The molecule has 0 saturated carbocycles. The smallest absolute Gasteiger partial charge is 0.230 e. The highest BCUT2D eigenvalue weighted by atomic mass is 32.1. The molecular weight excluding hydrogens is 400 g/mol. The molecule has 1 aliphatic rings. The Labute approximate surface area is 177 Å². The number of aromatic nitrogens is 4. The van der Waals surface area contributed by atoms with Crippen LogP contribution in [0.1, 0.15) is 5.56 Å². The number of anilines is 2. The summed E-state index contributed by atoms with van der Waals surface area (Å²) in [6.07, 6.45) is 3.69. The molecule has 0 spiro atoms. The predicted octanol–water partition coefficient (Wildman–Crippen LogP) is 3.10. The number of imidazole rings is 1. The van der Waals surface area contributed by atoms with Gasteiger partial charge in [0, 0.05) is 30.9 Å². The first-order valence-electron chi connectivity index (χ1n) is 9.73. The molecule has 1 fully saturated rings. The number of amides is 1. The number of fused-ring (bicyclic) bond motifs is 1. The van der Waals surface area contributed by atoms with E-state index in [2.05, 4.69) is 25.2 Å². The van der Waals surface area contributed by atoms with Crippen molar-refractivity contribution >= 4 is 39.2 Å². The van der Waals surface area contributed by atoms with Crippen LogP contribution >= 0.6 is 11.3 Å². The van der Waals surface area contributed by atoms with Gasteiger partial charge in [-0.1, -0.05) is 12.1 Å². The molecule has 5 rings (SSSR count). The summed E-state index contributed by atoms with van der Waals surface area (Å²) in [5.74, 6) is 1.52. The van der Waals surface area contributed by atoms with Gasteiger partial charge in [-0.05, 0) is 23.8 Å². The highest BCUT2D eigenvalue weighted by molar-refractivity contribution is 7.13. The number of morpholine rings is 1. The standard InChI is InChI=1S/C21H20N6O2S/c28-17(25-21-23-7-12-30-21)13-14-3-1-5-16-18(14)26-19(24-16)15-4-2-6-22-20(15)27-8-10-29-11-9-27/h1-7,12H,8-11,13H2,(H,24,26)(H,23,25,28). The number of carbonyl (C=O) groups is 1. The van der Waals surface area contributed by atoms with Gasteiger partial charge in [0.15, 0.2) is 5.13 Å². The molecule has 9 heteroatoms. The van der Waals surface area contributed by atoms with Gasteiger partial charge in [0.2, 0.25) is 5.91 Å². The number of nitrogens with one attached hydrogen (secondary N) is 2. The number of nitrogens with zero attached hydrogens (tertiary/aromatic N) is 4. The zero-order chi connectivity index (χ0) is 20.3. The molecule has 0 bridgehead atoms. The van der Waals surface area contributed by atoms with E-state index in [4.69, 9.17) is 9.72 Å². The monoisotopic (exact) mass is 420 g/mol. The van der Waals surface area contributed by atoms with Crippen molar-refractivity contribution in [1.82, 2.24) is 19.9 Å². The molecule has 2 N–H and O–H groups in total. The molecule has 30 heavy (non-hydrogen) atoms. The second-order valence-corrected chi connectivity index (χ2v) is 7.83. The highest BCUT2D eigenvalue weighted by Gasteiger charge is 2.19. The van der Waals surface area contributed by atoms with Crippen LogP contribution in [0.4, 0.5) is 10.9 Å². The van der Waals surface area contributed by atoms with Crippen LogP contribution in [-0.4, -0.2) is 52.1 Å². The van der Waals surface area contributed by atoms with Crippen molar-refractivity contribution in [2.24, 2.45) is 0 Å². The molecule has 1 amide bonds. The topological polar surface area (TPSA) is 96.0 Å². The maximum atomic E-state index is 12.4. The Hall–Kier alpha value is -3.30. The lowest BCUT2D eigenvalue weighted by atomic mass is 10.1. The van der Waals surface area contributed by atoms with Crippen molar-refractivity contribution in [2.75, 3.05) is 36.5 Å². The Balaban J connectivity index is 1.46. The number of pyridine rings is 1. The van der Waals surface area contributed by atoms with E-state index >= 15 is 0 Å². The fourth-order valence-corrected chi connectivity index (χ4v) is 4.14. The van der Waals surface area contributed by atoms with Crippen molar-refractivity contribution in [2.45, 2.75) is 6.42 Å². The SMILES string of the molecule is O=C(Cc1cccc2[nH]c(-c3cccnc3N3CCOCC3)nc12)Nc1nccs1. The number of H-pyrrole nitrogens is 1. The Morgan fingerprint density at radius 3 is 2.90 bits per heavy atom. The van der Waals surface area contributed by atoms with E-state index in [1.54, 1.807) is 12.4 Å². The second-order valence-electron chi connectivity index (χ2n) is 6.93. The van der Waals surface area contributed by atoms with E-state index in [0.29, 0.717) is 18.3 Å². The molecule has 0 aliphatic carbocycles.